The van der Waals surface area contributed by atoms with E-state index in [0.717, 1.165) is 12.8 Å². The topological polar surface area (TPSA) is 129 Å². The van der Waals surface area contributed by atoms with Crippen LogP contribution in [0.5, 0.6) is 11.5 Å². The van der Waals surface area contributed by atoms with Gasteiger partial charge in [-0.2, -0.15) is 8.78 Å². The van der Waals surface area contributed by atoms with E-state index in [2.05, 4.69) is 15.0 Å². The Balaban J connectivity index is 1.55. The number of halogens is 2. The molecule has 1 aromatic heterocycles. The van der Waals surface area contributed by atoms with Gasteiger partial charge >= 0.3 is 12.7 Å². The van der Waals surface area contributed by atoms with Crippen LogP contribution in [-0.2, 0) is 4.74 Å². The molecule has 1 saturated heterocycles. The van der Waals surface area contributed by atoms with Crippen LogP contribution in [0.15, 0.2) is 22.6 Å². The van der Waals surface area contributed by atoms with E-state index in [1.54, 1.807) is 6.92 Å². The molecule has 1 aliphatic carbocycles. The first-order valence-corrected chi connectivity index (χ1v) is 11.4. The molecule has 0 radical (unpaired) electrons. The third kappa shape index (κ3) is 5.99. The Kier molecular flexibility index (Phi) is 7.39. The van der Waals surface area contributed by atoms with Gasteiger partial charge in [0.1, 0.15) is 0 Å². The number of amides is 2. The molecular weight excluding hydrogens is 466 g/mol. The van der Waals surface area contributed by atoms with E-state index in [4.69, 9.17) is 19.6 Å². The maximum Gasteiger partial charge on any atom is 0.409 e. The predicted octanol–water partition coefficient (Wildman–Crippen LogP) is 3.32. The molecule has 1 saturated carbocycles. The summed E-state index contributed by atoms with van der Waals surface area (Å²) in [5.74, 6) is 0.198. The van der Waals surface area contributed by atoms with Crippen molar-refractivity contribution in [3.8, 4) is 23.0 Å². The molecule has 190 valence electrons. The lowest BCUT2D eigenvalue weighted by atomic mass is 10.2. The van der Waals surface area contributed by atoms with Crippen LogP contribution in [0.25, 0.3) is 11.5 Å². The van der Waals surface area contributed by atoms with Crippen LogP contribution < -0.4 is 20.5 Å². The molecule has 1 aromatic carbocycles. The standard InChI is InChI=1S/C23H28F2N4O6/c1-12(26)19-18(20(30)27-15-7-8-29(10-15)23(31)32-2)28-21(35-19)14-5-6-16(34-22(24)25)17(9-14)33-11-13-3-4-13/h5-6,9,12-13,15,22H,3-4,7-8,10-11,26H2,1-2H3,(H,27,30)/t12-,15?/m0/s1. The summed E-state index contributed by atoms with van der Waals surface area (Å²) >= 11 is 0. The molecule has 2 aromatic rings. The molecule has 3 N–H and O–H groups in total. The fourth-order valence-electron chi connectivity index (χ4n) is 3.79. The number of carbonyl (C=O) groups excluding carboxylic acids is 2. The van der Waals surface area contributed by atoms with E-state index in [-0.39, 0.29) is 34.9 Å². The first-order chi connectivity index (χ1) is 16.7. The van der Waals surface area contributed by atoms with Crippen molar-refractivity contribution in [3.63, 3.8) is 0 Å². The molecule has 2 atom stereocenters. The molecule has 1 aliphatic heterocycles. The number of benzene rings is 1. The second-order valence-electron chi connectivity index (χ2n) is 8.69. The van der Waals surface area contributed by atoms with Crippen molar-refractivity contribution < 1.29 is 37.0 Å². The van der Waals surface area contributed by atoms with E-state index in [1.165, 1.54) is 30.2 Å². The third-order valence-electron chi connectivity index (χ3n) is 5.82. The summed E-state index contributed by atoms with van der Waals surface area (Å²) in [4.78, 5) is 30.5. The van der Waals surface area contributed by atoms with Crippen molar-refractivity contribution >= 4 is 12.0 Å². The quantitative estimate of drug-likeness (QED) is 0.543. The van der Waals surface area contributed by atoms with Gasteiger partial charge in [-0.1, -0.05) is 0 Å². The fraction of sp³-hybridized carbons (Fsp3) is 0.522. The summed E-state index contributed by atoms with van der Waals surface area (Å²) in [5.41, 5.74) is 6.44. The molecule has 35 heavy (non-hydrogen) atoms. The number of oxazole rings is 1. The largest absolute Gasteiger partial charge is 0.489 e. The van der Waals surface area contributed by atoms with Crippen LogP contribution in [-0.4, -0.2) is 61.3 Å². The third-order valence-corrected chi connectivity index (χ3v) is 5.82. The molecule has 1 unspecified atom stereocenters. The molecule has 2 fully saturated rings. The molecule has 0 spiro atoms. The molecule has 0 bridgehead atoms. The number of nitrogens with one attached hydrogen (secondary N) is 1. The van der Waals surface area contributed by atoms with Crippen LogP contribution in [0.4, 0.5) is 13.6 Å². The van der Waals surface area contributed by atoms with Crippen molar-refractivity contribution in [2.75, 3.05) is 26.8 Å². The van der Waals surface area contributed by atoms with Crippen molar-refractivity contribution in [1.29, 1.82) is 0 Å². The summed E-state index contributed by atoms with van der Waals surface area (Å²) in [5, 5.41) is 2.85. The zero-order chi connectivity index (χ0) is 25.1. The lowest BCUT2D eigenvalue weighted by Crippen LogP contribution is -2.39. The number of methoxy groups -OCH3 is 1. The highest BCUT2D eigenvalue weighted by molar-refractivity contribution is 5.94. The van der Waals surface area contributed by atoms with Crippen LogP contribution in [0.2, 0.25) is 0 Å². The second kappa shape index (κ2) is 10.5. The maximum atomic E-state index is 13.0. The number of ether oxygens (including phenoxy) is 3. The summed E-state index contributed by atoms with van der Waals surface area (Å²) in [6.45, 7) is -0.198. The Bertz CT molecular complexity index is 1070. The summed E-state index contributed by atoms with van der Waals surface area (Å²) in [6, 6.07) is 3.41. The summed E-state index contributed by atoms with van der Waals surface area (Å²) < 4.78 is 46.5. The molecule has 12 heteroatoms. The first-order valence-electron chi connectivity index (χ1n) is 11.4. The number of alkyl halides is 2. The SMILES string of the molecule is COC(=O)N1CCC(NC(=O)c2nc(-c3ccc(OC(F)F)c(OCC4CC4)c3)oc2[C@H](C)N)C1. The van der Waals surface area contributed by atoms with Crippen molar-refractivity contribution in [2.45, 2.75) is 44.9 Å². The van der Waals surface area contributed by atoms with Gasteiger partial charge in [-0.15, -0.1) is 0 Å². The highest BCUT2D eigenvalue weighted by Crippen LogP contribution is 2.37. The minimum absolute atomic E-state index is 0.0138. The Morgan fingerprint density at radius 2 is 2.06 bits per heavy atom. The molecule has 2 aliphatic rings. The van der Waals surface area contributed by atoms with Gasteiger partial charge in [0.2, 0.25) is 5.89 Å². The van der Waals surface area contributed by atoms with Gasteiger partial charge in [-0.25, -0.2) is 9.78 Å². The highest BCUT2D eigenvalue weighted by atomic mass is 19.3. The number of nitrogens with two attached hydrogens (primary N) is 1. The van der Waals surface area contributed by atoms with Crippen LogP contribution in [0.3, 0.4) is 0 Å². The number of carbonyl (C=O) groups is 2. The smallest absolute Gasteiger partial charge is 0.409 e. The average Bonchev–Trinajstić information content (AvgIpc) is 3.34. The lowest BCUT2D eigenvalue weighted by Gasteiger charge is -2.15. The normalized spacial score (nSPS) is 18.5. The Morgan fingerprint density at radius 3 is 2.71 bits per heavy atom. The number of hydrogen-bond acceptors (Lipinski definition) is 8. The number of aromatic nitrogens is 1. The van der Waals surface area contributed by atoms with Crippen molar-refractivity contribution in [1.82, 2.24) is 15.2 Å². The molecule has 10 nitrogen and oxygen atoms in total. The van der Waals surface area contributed by atoms with E-state index in [9.17, 15) is 18.4 Å². The van der Waals surface area contributed by atoms with Gasteiger partial charge < -0.3 is 34.6 Å². The van der Waals surface area contributed by atoms with Crippen LogP contribution in [0.1, 0.15) is 48.5 Å². The van der Waals surface area contributed by atoms with Gasteiger partial charge in [-0.05, 0) is 50.3 Å². The Labute approximate surface area is 200 Å². The zero-order valence-corrected chi connectivity index (χ0v) is 19.5. The molecule has 2 amide bonds. The monoisotopic (exact) mass is 494 g/mol. The fourth-order valence-corrected chi connectivity index (χ4v) is 3.79. The van der Waals surface area contributed by atoms with Gasteiger partial charge in [0.15, 0.2) is 23.0 Å². The average molecular weight is 494 g/mol. The minimum atomic E-state index is -3.00. The number of hydrogen-bond donors (Lipinski definition) is 2. The molecule has 2 heterocycles. The number of nitrogens with zero attached hydrogens (tertiary/aromatic N) is 2. The van der Waals surface area contributed by atoms with Crippen molar-refractivity contribution in [3.05, 3.63) is 29.7 Å². The highest BCUT2D eigenvalue weighted by Gasteiger charge is 2.31. The van der Waals surface area contributed by atoms with E-state index in [0.29, 0.717) is 37.6 Å². The minimum Gasteiger partial charge on any atom is -0.489 e. The summed E-state index contributed by atoms with van der Waals surface area (Å²) in [7, 11) is 1.30. The second-order valence-corrected chi connectivity index (χ2v) is 8.69. The molecular formula is C23H28F2N4O6. The Hall–Kier alpha value is -3.41. The van der Waals surface area contributed by atoms with E-state index >= 15 is 0 Å². The number of likely N-dealkylation sites (tertiary alicyclic amines) is 1. The Morgan fingerprint density at radius 1 is 1.29 bits per heavy atom. The van der Waals surface area contributed by atoms with Gasteiger partial charge in [-0.3, -0.25) is 4.79 Å². The van der Waals surface area contributed by atoms with Gasteiger partial charge in [0.25, 0.3) is 5.91 Å². The molecule has 4 rings (SSSR count). The van der Waals surface area contributed by atoms with Crippen LogP contribution >= 0.6 is 0 Å². The maximum absolute atomic E-state index is 13.0. The summed E-state index contributed by atoms with van der Waals surface area (Å²) in [6.07, 6.45) is 2.16. The van der Waals surface area contributed by atoms with E-state index in [1.807, 2.05) is 0 Å². The lowest BCUT2D eigenvalue weighted by molar-refractivity contribution is -0.0515. The zero-order valence-electron chi connectivity index (χ0n) is 19.5. The number of rotatable bonds is 9. The van der Waals surface area contributed by atoms with E-state index < -0.39 is 24.7 Å². The van der Waals surface area contributed by atoms with Crippen molar-refractivity contribution in [2.24, 2.45) is 11.7 Å². The predicted molar refractivity (Wildman–Crippen MR) is 119 cm³/mol. The van der Waals surface area contributed by atoms with Crippen LogP contribution in [0, 0.1) is 5.92 Å². The first kappa shape index (κ1) is 24.7. The van der Waals surface area contributed by atoms with Gasteiger partial charge in [0, 0.05) is 24.7 Å². The van der Waals surface area contributed by atoms with Gasteiger partial charge in [0.05, 0.1) is 19.8 Å².